The Hall–Kier alpha value is -3.79. The number of pyridine rings is 1. The third kappa shape index (κ3) is 6.75. The number of esters is 1. The number of aromatic nitrogens is 1. The Morgan fingerprint density at radius 1 is 1.07 bits per heavy atom. The standard InChI is InChI=1S/C31H41N5O5/c1-17(2)26-27(37)32-19(4)28(38)36-14-8-9-24(35-36)29(39)41-20(5)23-11-10-22-18(3)15-21(16-25(22)33-23)12-13-31(6,7)30(40)34-26/h10-13,15-17,19-20,24,26,35H,8-9,14H2,1-7H3,(H,32,37)(H,34,40)/b13-12+/t19-,20+,24?,26-/m0/s1. The smallest absolute Gasteiger partial charge is 0.325 e. The van der Waals surface area contributed by atoms with Gasteiger partial charge in [-0.3, -0.25) is 24.2 Å². The Bertz CT molecular complexity index is 1380. The van der Waals surface area contributed by atoms with Gasteiger partial charge in [-0.1, -0.05) is 38.1 Å². The first-order valence-electron chi connectivity index (χ1n) is 14.3. The molecule has 5 bridgehead atoms. The highest BCUT2D eigenvalue weighted by Gasteiger charge is 2.35. The number of hydrazine groups is 1. The van der Waals surface area contributed by atoms with Crippen molar-refractivity contribution in [2.24, 2.45) is 11.3 Å². The molecule has 41 heavy (non-hydrogen) atoms. The predicted octanol–water partition coefficient (Wildman–Crippen LogP) is 3.34. The number of hydrogen-bond acceptors (Lipinski definition) is 7. The van der Waals surface area contributed by atoms with Crippen LogP contribution in [0.2, 0.25) is 0 Å². The quantitative estimate of drug-likeness (QED) is 0.454. The summed E-state index contributed by atoms with van der Waals surface area (Å²) < 4.78 is 5.78. The van der Waals surface area contributed by atoms with Gasteiger partial charge in [0.2, 0.25) is 11.8 Å². The fraction of sp³-hybridized carbons (Fsp3) is 0.516. The summed E-state index contributed by atoms with van der Waals surface area (Å²) in [6.07, 6.45) is 4.17. The molecule has 2 aliphatic rings. The van der Waals surface area contributed by atoms with Crippen molar-refractivity contribution >= 4 is 40.7 Å². The molecule has 3 heterocycles. The van der Waals surface area contributed by atoms with Crippen molar-refractivity contribution in [3.05, 3.63) is 47.2 Å². The van der Waals surface area contributed by atoms with Gasteiger partial charge in [-0.15, -0.1) is 0 Å². The first-order chi connectivity index (χ1) is 19.3. The Morgan fingerprint density at radius 3 is 2.51 bits per heavy atom. The first kappa shape index (κ1) is 30.2. The lowest BCUT2D eigenvalue weighted by Crippen LogP contribution is -2.61. The van der Waals surface area contributed by atoms with Crippen molar-refractivity contribution in [1.29, 1.82) is 0 Å². The number of carbonyl (C=O) groups excluding carboxylic acids is 4. The molecule has 2 aliphatic heterocycles. The summed E-state index contributed by atoms with van der Waals surface area (Å²) in [5.74, 6) is -1.84. The van der Waals surface area contributed by atoms with Gasteiger partial charge in [-0.05, 0) is 76.6 Å². The lowest BCUT2D eigenvalue weighted by molar-refractivity contribution is -0.157. The Labute approximate surface area is 241 Å². The molecule has 10 heteroatoms. The van der Waals surface area contributed by atoms with Gasteiger partial charge in [0.05, 0.1) is 16.6 Å². The summed E-state index contributed by atoms with van der Waals surface area (Å²) >= 11 is 0. The molecule has 10 nitrogen and oxygen atoms in total. The summed E-state index contributed by atoms with van der Waals surface area (Å²) in [5, 5.41) is 7.97. The first-order valence-corrected chi connectivity index (χ1v) is 14.3. The molecule has 1 fully saturated rings. The molecule has 4 atom stereocenters. The second kappa shape index (κ2) is 12.0. The topological polar surface area (TPSA) is 130 Å². The van der Waals surface area contributed by atoms with E-state index in [0.717, 1.165) is 22.0 Å². The zero-order valence-electron chi connectivity index (χ0n) is 24.9. The molecule has 220 valence electrons. The van der Waals surface area contributed by atoms with E-state index < -0.39 is 41.5 Å². The fourth-order valence-corrected chi connectivity index (χ4v) is 5.06. The minimum Gasteiger partial charge on any atom is -0.455 e. The van der Waals surface area contributed by atoms with E-state index in [1.165, 1.54) is 5.01 Å². The molecular formula is C31H41N5O5. The van der Waals surface area contributed by atoms with Crippen LogP contribution in [0.4, 0.5) is 0 Å². The van der Waals surface area contributed by atoms with Crippen molar-refractivity contribution in [3.8, 4) is 0 Å². The van der Waals surface area contributed by atoms with E-state index in [-0.39, 0.29) is 17.7 Å². The van der Waals surface area contributed by atoms with Crippen LogP contribution >= 0.6 is 0 Å². The van der Waals surface area contributed by atoms with Crippen LogP contribution in [0.5, 0.6) is 0 Å². The van der Waals surface area contributed by atoms with Gasteiger partial charge in [0.1, 0.15) is 24.2 Å². The van der Waals surface area contributed by atoms with E-state index >= 15 is 0 Å². The molecule has 1 aromatic heterocycles. The summed E-state index contributed by atoms with van der Waals surface area (Å²) in [6, 6.07) is 5.34. The minimum atomic E-state index is -0.929. The molecule has 1 saturated heterocycles. The van der Waals surface area contributed by atoms with Gasteiger partial charge in [0, 0.05) is 11.9 Å². The predicted molar refractivity (Wildman–Crippen MR) is 156 cm³/mol. The third-order valence-electron chi connectivity index (χ3n) is 7.75. The van der Waals surface area contributed by atoms with Gasteiger partial charge in [-0.2, -0.15) is 0 Å². The number of rotatable bonds is 1. The average molecular weight is 564 g/mol. The van der Waals surface area contributed by atoms with Crippen LogP contribution in [0, 0.1) is 18.3 Å². The van der Waals surface area contributed by atoms with Crippen molar-refractivity contribution in [2.45, 2.75) is 85.5 Å². The molecule has 1 aromatic carbocycles. The van der Waals surface area contributed by atoms with Gasteiger partial charge in [-0.25, -0.2) is 10.4 Å². The molecule has 2 aromatic rings. The molecule has 3 amide bonds. The van der Waals surface area contributed by atoms with E-state index in [0.29, 0.717) is 25.1 Å². The van der Waals surface area contributed by atoms with E-state index in [9.17, 15) is 19.2 Å². The highest BCUT2D eigenvalue weighted by Crippen LogP contribution is 2.26. The normalized spacial score (nSPS) is 26.9. The molecule has 4 rings (SSSR count). The average Bonchev–Trinajstić information content (AvgIpc) is 2.93. The largest absolute Gasteiger partial charge is 0.455 e. The van der Waals surface area contributed by atoms with Gasteiger partial charge in [0.25, 0.3) is 5.91 Å². The van der Waals surface area contributed by atoms with Crippen LogP contribution in [-0.2, 0) is 23.9 Å². The number of nitrogens with zero attached hydrogens (tertiary/aromatic N) is 2. The van der Waals surface area contributed by atoms with Gasteiger partial charge < -0.3 is 15.4 Å². The number of cyclic esters (lactones) is 1. The van der Waals surface area contributed by atoms with E-state index in [4.69, 9.17) is 9.72 Å². The molecule has 0 radical (unpaired) electrons. The SMILES string of the molecule is Cc1cc2cc3nc(ccc13)[C@@H](C)OC(=O)C1CCCN(N1)C(=O)[C@H](C)NC(=O)[C@H](C(C)C)NC(=O)C(C)(C)/C=C/2. The van der Waals surface area contributed by atoms with Crippen molar-refractivity contribution in [1.82, 2.24) is 26.1 Å². The number of nitrogens with one attached hydrogen (secondary N) is 3. The Kier molecular flexibility index (Phi) is 8.82. The van der Waals surface area contributed by atoms with Crippen LogP contribution < -0.4 is 16.1 Å². The summed E-state index contributed by atoms with van der Waals surface area (Å²) in [6.45, 7) is 13.0. The zero-order chi connectivity index (χ0) is 30.1. The van der Waals surface area contributed by atoms with Crippen LogP contribution in [0.15, 0.2) is 30.3 Å². The number of amides is 3. The van der Waals surface area contributed by atoms with E-state index in [1.807, 2.05) is 51.1 Å². The van der Waals surface area contributed by atoms with Crippen molar-refractivity contribution < 1.29 is 23.9 Å². The number of carbonyl (C=O) groups is 4. The highest BCUT2D eigenvalue weighted by molar-refractivity contribution is 5.94. The lowest BCUT2D eigenvalue weighted by atomic mass is 9.89. The number of ether oxygens (including phenoxy) is 1. The van der Waals surface area contributed by atoms with Crippen molar-refractivity contribution in [2.75, 3.05) is 6.54 Å². The number of fused-ring (bicyclic) bond motifs is 4. The Balaban J connectivity index is 1.73. The number of aryl methyl sites for hydroxylation is 1. The number of hydrogen-bond donors (Lipinski definition) is 3. The van der Waals surface area contributed by atoms with Crippen LogP contribution in [0.3, 0.4) is 0 Å². The molecule has 3 N–H and O–H groups in total. The fourth-order valence-electron chi connectivity index (χ4n) is 5.06. The molecule has 1 unspecified atom stereocenters. The summed E-state index contributed by atoms with van der Waals surface area (Å²) in [4.78, 5) is 57.7. The third-order valence-corrected chi connectivity index (χ3v) is 7.75. The maximum absolute atomic E-state index is 13.4. The molecule has 0 spiro atoms. The number of benzene rings is 1. The molecular weight excluding hydrogens is 522 g/mol. The maximum atomic E-state index is 13.4. The highest BCUT2D eigenvalue weighted by atomic mass is 16.5. The molecule has 0 aliphatic carbocycles. The van der Waals surface area contributed by atoms with Crippen LogP contribution in [0.1, 0.15) is 77.3 Å². The van der Waals surface area contributed by atoms with Gasteiger partial charge >= 0.3 is 5.97 Å². The lowest BCUT2D eigenvalue weighted by Gasteiger charge is -2.35. The van der Waals surface area contributed by atoms with E-state index in [1.54, 1.807) is 33.8 Å². The van der Waals surface area contributed by atoms with E-state index in [2.05, 4.69) is 16.1 Å². The molecule has 0 saturated carbocycles. The van der Waals surface area contributed by atoms with Crippen molar-refractivity contribution in [3.63, 3.8) is 0 Å². The summed E-state index contributed by atoms with van der Waals surface area (Å²) in [5.41, 5.74) is 5.30. The van der Waals surface area contributed by atoms with Crippen LogP contribution in [-0.4, -0.2) is 58.4 Å². The summed E-state index contributed by atoms with van der Waals surface area (Å²) in [7, 11) is 0. The zero-order valence-corrected chi connectivity index (χ0v) is 24.9. The minimum absolute atomic E-state index is 0.222. The Morgan fingerprint density at radius 2 is 1.80 bits per heavy atom. The monoisotopic (exact) mass is 563 g/mol. The van der Waals surface area contributed by atoms with Crippen LogP contribution in [0.25, 0.3) is 17.0 Å². The maximum Gasteiger partial charge on any atom is 0.325 e. The second-order valence-electron chi connectivity index (χ2n) is 12.0. The second-order valence-corrected chi connectivity index (χ2v) is 12.0. The van der Waals surface area contributed by atoms with Gasteiger partial charge in [0.15, 0.2) is 0 Å².